The monoisotopic (exact) mass is 327 g/mol. The zero-order valence-electron chi connectivity index (χ0n) is 11.9. The number of rotatable bonds is 7. The molecule has 21 heavy (non-hydrogen) atoms. The number of ether oxygens (including phenoxy) is 2. The van der Waals surface area contributed by atoms with E-state index in [0.717, 1.165) is 10.4 Å². The van der Waals surface area contributed by atoms with Gasteiger partial charge in [0.15, 0.2) is 11.5 Å². The molecule has 6 heteroatoms. The molecular weight excluding hydrogens is 310 g/mol. The van der Waals surface area contributed by atoms with Gasteiger partial charge in [0.1, 0.15) is 6.10 Å². The standard InChI is InChI=1S/C15H18ClNO3S/c1-19-12-5-3-4-10(15(12)20-2)8-17-9-11(18)13-6-7-14(16)21-13/h3-7,11,17-18H,8-9H2,1-2H3. The Labute approximate surface area is 133 Å². The zero-order chi connectivity index (χ0) is 15.2. The second kappa shape index (κ2) is 7.66. The van der Waals surface area contributed by atoms with E-state index < -0.39 is 6.10 Å². The minimum atomic E-state index is -0.570. The van der Waals surface area contributed by atoms with Crippen molar-refractivity contribution in [2.75, 3.05) is 20.8 Å². The maximum atomic E-state index is 10.1. The molecule has 0 aliphatic heterocycles. The molecule has 114 valence electrons. The van der Waals surface area contributed by atoms with Crippen LogP contribution < -0.4 is 14.8 Å². The Kier molecular flexibility index (Phi) is 5.87. The number of para-hydroxylation sites is 1. The SMILES string of the molecule is COc1cccc(CNCC(O)c2ccc(Cl)s2)c1OC. The van der Waals surface area contributed by atoms with Crippen molar-refractivity contribution in [3.05, 3.63) is 45.1 Å². The number of aliphatic hydroxyl groups excluding tert-OH is 1. The molecule has 1 aromatic carbocycles. The highest BCUT2D eigenvalue weighted by atomic mass is 35.5. The normalized spacial score (nSPS) is 12.2. The summed E-state index contributed by atoms with van der Waals surface area (Å²) >= 11 is 7.25. The molecule has 2 aromatic rings. The number of hydrogen-bond acceptors (Lipinski definition) is 5. The number of nitrogens with one attached hydrogen (secondary N) is 1. The number of aliphatic hydroxyl groups is 1. The van der Waals surface area contributed by atoms with Gasteiger partial charge >= 0.3 is 0 Å². The van der Waals surface area contributed by atoms with E-state index in [-0.39, 0.29) is 0 Å². The van der Waals surface area contributed by atoms with Crippen LogP contribution in [0.25, 0.3) is 0 Å². The summed E-state index contributed by atoms with van der Waals surface area (Å²) in [7, 11) is 3.23. The third kappa shape index (κ3) is 4.11. The third-order valence-corrected chi connectivity index (χ3v) is 4.39. The fourth-order valence-electron chi connectivity index (χ4n) is 2.04. The predicted molar refractivity (Wildman–Crippen MR) is 85.5 cm³/mol. The van der Waals surface area contributed by atoms with E-state index in [2.05, 4.69) is 5.32 Å². The van der Waals surface area contributed by atoms with Crippen LogP contribution in [0.2, 0.25) is 4.34 Å². The van der Waals surface area contributed by atoms with Crippen molar-refractivity contribution in [3.8, 4) is 11.5 Å². The Morgan fingerprint density at radius 3 is 2.67 bits per heavy atom. The summed E-state index contributed by atoms with van der Waals surface area (Å²) in [5.74, 6) is 1.41. The van der Waals surface area contributed by atoms with E-state index in [4.69, 9.17) is 21.1 Å². The van der Waals surface area contributed by atoms with Crippen molar-refractivity contribution in [1.29, 1.82) is 0 Å². The molecule has 0 amide bonds. The number of benzene rings is 1. The first-order valence-electron chi connectivity index (χ1n) is 6.49. The van der Waals surface area contributed by atoms with Gasteiger partial charge in [0.05, 0.1) is 18.6 Å². The highest BCUT2D eigenvalue weighted by Gasteiger charge is 2.12. The molecular formula is C15H18ClNO3S. The summed E-state index contributed by atoms with van der Waals surface area (Å²) in [6.07, 6.45) is -0.570. The van der Waals surface area contributed by atoms with Gasteiger partial charge in [-0.05, 0) is 18.2 Å². The molecule has 0 saturated heterocycles. The van der Waals surface area contributed by atoms with Crippen molar-refractivity contribution in [2.45, 2.75) is 12.6 Å². The molecule has 2 N–H and O–H groups in total. The van der Waals surface area contributed by atoms with Gasteiger partial charge in [-0.3, -0.25) is 0 Å². The van der Waals surface area contributed by atoms with Gasteiger partial charge in [0, 0.05) is 23.5 Å². The lowest BCUT2D eigenvalue weighted by Gasteiger charge is -2.14. The maximum absolute atomic E-state index is 10.1. The Morgan fingerprint density at radius 2 is 2.05 bits per heavy atom. The van der Waals surface area contributed by atoms with Crippen LogP contribution in [0.1, 0.15) is 16.5 Å². The van der Waals surface area contributed by atoms with Gasteiger partial charge in [-0.25, -0.2) is 0 Å². The van der Waals surface area contributed by atoms with Gasteiger partial charge in [-0.15, -0.1) is 11.3 Å². The molecule has 0 spiro atoms. The number of methoxy groups -OCH3 is 2. The predicted octanol–water partition coefficient (Wildman–Crippen LogP) is 3.24. The number of halogens is 1. The molecule has 0 saturated carbocycles. The summed E-state index contributed by atoms with van der Waals surface area (Å²) in [6, 6.07) is 9.35. The van der Waals surface area contributed by atoms with E-state index in [1.165, 1.54) is 11.3 Å². The minimum Gasteiger partial charge on any atom is -0.493 e. The molecule has 0 bridgehead atoms. The first-order valence-corrected chi connectivity index (χ1v) is 7.69. The lowest BCUT2D eigenvalue weighted by atomic mass is 10.1. The molecule has 1 atom stereocenters. The summed E-state index contributed by atoms with van der Waals surface area (Å²) in [5.41, 5.74) is 0.980. The van der Waals surface area contributed by atoms with Gasteiger partial charge in [-0.1, -0.05) is 23.7 Å². The number of thiophene rings is 1. The molecule has 1 unspecified atom stereocenters. The summed E-state index contributed by atoms with van der Waals surface area (Å²) in [6.45, 7) is 1.02. The lowest BCUT2D eigenvalue weighted by Crippen LogP contribution is -2.20. The van der Waals surface area contributed by atoms with Crippen LogP contribution in [-0.4, -0.2) is 25.9 Å². The van der Waals surface area contributed by atoms with E-state index in [9.17, 15) is 5.11 Å². The molecule has 0 fully saturated rings. The third-order valence-electron chi connectivity index (χ3n) is 3.06. The smallest absolute Gasteiger partial charge is 0.165 e. The van der Waals surface area contributed by atoms with Crippen molar-refractivity contribution in [2.24, 2.45) is 0 Å². The largest absolute Gasteiger partial charge is 0.493 e. The highest BCUT2D eigenvalue weighted by Crippen LogP contribution is 2.31. The van der Waals surface area contributed by atoms with Crippen molar-refractivity contribution >= 4 is 22.9 Å². The average Bonchev–Trinajstić information content (AvgIpc) is 2.93. The quantitative estimate of drug-likeness (QED) is 0.819. The van der Waals surface area contributed by atoms with Crippen LogP contribution >= 0.6 is 22.9 Å². The number of hydrogen-bond donors (Lipinski definition) is 2. The van der Waals surface area contributed by atoms with Crippen LogP contribution in [0.3, 0.4) is 0 Å². The highest BCUT2D eigenvalue weighted by molar-refractivity contribution is 7.16. The van der Waals surface area contributed by atoms with Crippen LogP contribution in [-0.2, 0) is 6.54 Å². The molecule has 0 radical (unpaired) electrons. The summed E-state index contributed by atoms with van der Waals surface area (Å²) in [5, 5.41) is 13.3. The fourth-order valence-corrected chi connectivity index (χ4v) is 3.09. The average molecular weight is 328 g/mol. The van der Waals surface area contributed by atoms with Crippen molar-refractivity contribution in [1.82, 2.24) is 5.32 Å². The molecule has 1 aromatic heterocycles. The first kappa shape index (κ1) is 16.1. The van der Waals surface area contributed by atoms with Crippen LogP contribution in [0, 0.1) is 0 Å². The van der Waals surface area contributed by atoms with Crippen LogP contribution in [0.5, 0.6) is 11.5 Å². The van der Waals surface area contributed by atoms with Gasteiger partial charge in [0.2, 0.25) is 0 Å². The Morgan fingerprint density at radius 1 is 1.24 bits per heavy atom. The summed E-state index contributed by atoms with van der Waals surface area (Å²) in [4.78, 5) is 0.852. The Bertz CT molecular complexity index is 588. The van der Waals surface area contributed by atoms with Crippen molar-refractivity contribution in [3.63, 3.8) is 0 Å². The van der Waals surface area contributed by atoms with E-state index >= 15 is 0 Å². The maximum Gasteiger partial charge on any atom is 0.165 e. The van der Waals surface area contributed by atoms with Gasteiger partial charge in [-0.2, -0.15) is 0 Å². The van der Waals surface area contributed by atoms with E-state index in [1.54, 1.807) is 20.3 Å². The van der Waals surface area contributed by atoms with Crippen molar-refractivity contribution < 1.29 is 14.6 Å². The lowest BCUT2D eigenvalue weighted by molar-refractivity contribution is 0.178. The molecule has 1 heterocycles. The van der Waals surface area contributed by atoms with Crippen LogP contribution in [0.15, 0.2) is 30.3 Å². The minimum absolute atomic E-state index is 0.442. The van der Waals surface area contributed by atoms with Crippen LogP contribution in [0.4, 0.5) is 0 Å². The second-order valence-corrected chi connectivity index (χ2v) is 6.19. The fraction of sp³-hybridized carbons (Fsp3) is 0.333. The molecule has 4 nitrogen and oxygen atoms in total. The Balaban J connectivity index is 1.94. The van der Waals surface area contributed by atoms with E-state index in [0.29, 0.717) is 28.9 Å². The molecule has 0 aliphatic rings. The second-order valence-electron chi connectivity index (χ2n) is 4.44. The topological polar surface area (TPSA) is 50.7 Å². The van der Waals surface area contributed by atoms with Gasteiger partial charge < -0.3 is 19.9 Å². The zero-order valence-corrected chi connectivity index (χ0v) is 13.5. The Hall–Kier alpha value is -1.27. The molecule has 2 rings (SSSR count). The van der Waals surface area contributed by atoms with Gasteiger partial charge in [0.25, 0.3) is 0 Å². The molecule has 0 aliphatic carbocycles. The van der Waals surface area contributed by atoms with E-state index in [1.807, 2.05) is 24.3 Å². The summed E-state index contributed by atoms with van der Waals surface area (Å²) < 4.78 is 11.3. The first-order chi connectivity index (χ1) is 10.2.